The molecule has 14 heavy (non-hydrogen) atoms. The first kappa shape index (κ1) is 10.8. The van der Waals surface area contributed by atoms with Gasteiger partial charge in [0, 0.05) is 1.43 Å². The Hall–Kier alpha value is -1.31. The summed E-state index contributed by atoms with van der Waals surface area (Å²) in [5.74, 6) is 0. The summed E-state index contributed by atoms with van der Waals surface area (Å²) in [4.78, 5) is 7.29. The van der Waals surface area contributed by atoms with E-state index in [1.165, 1.54) is 17.5 Å². The highest BCUT2D eigenvalue weighted by Crippen LogP contribution is 2.15. The zero-order valence-electron chi connectivity index (χ0n) is 9.39. The minimum Gasteiger partial charge on any atom is -0.345 e. The molecule has 0 amide bonds. The molecule has 1 aromatic carbocycles. The molecule has 0 saturated heterocycles. The number of nitrogens with one attached hydrogen (secondary N) is 1. The van der Waals surface area contributed by atoms with Crippen LogP contribution in [0.15, 0.2) is 18.5 Å². The summed E-state index contributed by atoms with van der Waals surface area (Å²) in [6.45, 7) is 8.42. The topological polar surface area (TPSA) is 28.7 Å². The van der Waals surface area contributed by atoms with Crippen LogP contribution in [0.3, 0.4) is 0 Å². The maximum atomic E-state index is 4.20. The highest BCUT2D eigenvalue weighted by molar-refractivity contribution is 5.78. The molecule has 0 bridgehead atoms. The van der Waals surface area contributed by atoms with Gasteiger partial charge in [-0.15, -0.1) is 0 Å². The van der Waals surface area contributed by atoms with Crippen LogP contribution in [0.25, 0.3) is 11.0 Å². The van der Waals surface area contributed by atoms with Crippen LogP contribution in [-0.4, -0.2) is 9.97 Å². The second-order valence-electron chi connectivity index (χ2n) is 3.59. The third-order valence-corrected chi connectivity index (χ3v) is 1.86. The van der Waals surface area contributed by atoms with Crippen LogP contribution >= 0.6 is 0 Å². The zero-order chi connectivity index (χ0) is 10.6. The van der Waals surface area contributed by atoms with Gasteiger partial charge in [0.05, 0.1) is 17.4 Å². The summed E-state index contributed by atoms with van der Waals surface area (Å²) in [7, 11) is 0. The normalized spacial score (nSPS) is 9.71. The monoisotopic (exact) mass is 192 g/mol. The Morgan fingerprint density at radius 3 is 2.57 bits per heavy atom. The molecule has 0 spiro atoms. The fourth-order valence-electron chi connectivity index (χ4n) is 1.41. The number of nitrogens with zero attached hydrogens (tertiary/aromatic N) is 1. The summed E-state index contributed by atoms with van der Waals surface area (Å²) >= 11 is 0. The highest BCUT2D eigenvalue weighted by atomic mass is 14.9. The van der Waals surface area contributed by atoms with Gasteiger partial charge < -0.3 is 4.98 Å². The van der Waals surface area contributed by atoms with E-state index in [0.29, 0.717) is 0 Å². The Morgan fingerprint density at radius 2 is 1.93 bits per heavy atom. The first-order valence-electron chi connectivity index (χ1n) is 5.09. The Morgan fingerprint density at radius 1 is 1.29 bits per heavy atom. The van der Waals surface area contributed by atoms with Crippen LogP contribution in [0.1, 0.15) is 32.8 Å². The predicted octanol–water partition coefficient (Wildman–Crippen LogP) is 3.84. The lowest BCUT2D eigenvalue weighted by Crippen LogP contribution is -1.79. The molecule has 0 aliphatic heterocycles. The van der Waals surface area contributed by atoms with Gasteiger partial charge in [-0.25, -0.2) is 4.98 Å². The number of aryl methyl sites for hydroxylation is 2. The molecule has 2 heteroatoms. The molecule has 1 heterocycles. The number of aromatic nitrogens is 2. The van der Waals surface area contributed by atoms with Crippen molar-refractivity contribution in [3.05, 3.63) is 29.6 Å². The quantitative estimate of drug-likeness (QED) is 0.675. The van der Waals surface area contributed by atoms with Crippen LogP contribution in [0.2, 0.25) is 0 Å². The lowest BCUT2D eigenvalue weighted by Gasteiger charge is -1.96. The van der Waals surface area contributed by atoms with Crippen LogP contribution in [0.5, 0.6) is 0 Å². The fourth-order valence-corrected chi connectivity index (χ4v) is 1.41. The molecule has 2 rings (SSSR count). The lowest BCUT2D eigenvalue weighted by molar-refractivity contribution is 1.09. The van der Waals surface area contributed by atoms with Crippen molar-refractivity contribution in [2.75, 3.05) is 0 Å². The third kappa shape index (κ3) is 2.34. The minimum absolute atomic E-state index is 0. The van der Waals surface area contributed by atoms with Gasteiger partial charge in [-0.3, -0.25) is 0 Å². The van der Waals surface area contributed by atoms with Crippen molar-refractivity contribution < 1.29 is 1.43 Å². The second-order valence-corrected chi connectivity index (χ2v) is 3.59. The number of benzene rings is 1. The van der Waals surface area contributed by atoms with Crippen molar-refractivity contribution in [1.29, 1.82) is 0 Å². The number of aromatic amines is 1. The molecule has 2 nitrogen and oxygen atoms in total. The van der Waals surface area contributed by atoms with E-state index in [1.54, 1.807) is 6.33 Å². The molecule has 0 saturated carbocycles. The van der Waals surface area contributed by atoms with Gasteiger partial charge in [-0.1, -0.05) is 26.3 Å². The molecule has 2 aromatic rings. The largest absolute Gasteiger partial charge is 0.345 e. The molecule has 0 aliphatic rings. The van der Waals surface area contributed by atoms with Crippen LogP contribution < -0.4 is 0 Å². The number of fused-ring (bicyclic) bond motifs is 1. The number of imidazole rings is 1. The Kier molecular flexibility index (Phi) is 3.69. The Bertz CT molecular complexity index is 407. The maximum Gasteiger partial charge on any atom is 0.0931 e. The highest BCUT2D eigenvalue weighted by Gasteiger charge is 1.98. The van der Waals surface area contributed by atoms with Crippen LogP contribution in [0, 0.1) is 13.8 Å². The van der Waals surface area contributed by atoms with Gasteiger partial charge in [-0.05, 0) is 31.0 Å². The van der Waals surface area contributed by atoms with Crippen molar-refractivity contribution in [1.82, 2.24) is 9.97 Å². The Balaban J connectivity index is 0.000000443. The minimum atomic E-state index is 0. The van der Waals surface area contributed by atoms with Crippen molar-refractivity contribution in [3.8, 4) is 0 Å². The molecule has 78 valence electrons. The average molecular weight is 192 g/mol. The van der Waals surface area contributed by atoms with Gasteiger partial charge in [0.1, 0.15) is 0 Å². The van der Waals surface area contributed by atoms with E-state index in [0.717, 1.165) is 11.0 Å². The van der Waals surface area contributed by atoms with Crippen molar-refractivity contribution >= 4 is 11.0 Å². The van der Waals surface area contributed by atoms with E-state index in [-0.39, 0.29) is 1.43 Å². The van der Waals surface area contributed by atoms with Crippen molar-refractivity contribution in [2.45, 2.75) is 34.1 Å². The van der Waals surface area contributed by atoms with Gasteiger partial charge in [0.2, 0.25) is 0 Å². The van der Waals surface area contributed by atoms with Crippen LogP contribution in [-0.2, 0) is 0 Å². The fraction of sp³-hybridized carbons (Fsp3) is 0.417. The van der Waals surface area contributed by atoms with Crippen molar-refractivity contribution in [2.24, 2.45) is 0 Å². The molecule has 0 atom stereocenters. The number of hydrogen-bond acceptors (Lipinski definition) is 1. The average Bonchev–Trinajstić information content (AvgIpc) is 2.53. The van der Waals surface area contributed by atoms with Gasteiger partial charge in [0.25, 0.3) is 0 Å². The van der Waals surface area contributed by atoms with E-state index in [1.807, 2.05) is 0 Å². The summed E-state index contributed by atoms with van der Waals surface area (Å²) in [5.41, 5.74) is 4.72. The van der Waals surface area contributed by atoms with Crippen molar-refractivity contribution in [3.63, 3.8) is 0 Å². The van der Waals surface area contributed by atoms with E-state index >= 15 is 0 Å². The smallest absolute Gasteiger partial charge is 0.0931 e. The molecular formula is C12H20N2. The standard InChI is InChI=1S/C9H10N2.C3H8.H2/c1-6-3-7(2)9-8(4-6)10-5-11-9;1-3-2;/h3-5H,1-2H3,(H,10,11);3H2,1-2H3;1H. The van der Waals surface area contributed by atoms with Crippen LogP contribution in [0.4, 0.5) is 0 Å². The number of H-pyrrole nitrogens is 1. The van der Waals surface area contributed by atoms with E-state index < -0.39 is 0 Å². The van der Waals surface area contributed by atoms with Gasteiger partial charge >= 0.3 is 0 Å². The predicted molar refractivity (Wildman–Crippen MR) is 63.6 cm³/mol. The summed E-state index contributed by atoms with van der Waals surface area (Å²) in [5, 5.41) is 0. The first-order chi connectivity index (χ1) is 6.69. The van der Waals surface area contributed by atoms with Gasteiger partial charge in [-0.2, -0.15) is 0 Å². The summed E-state index contributed by atoms with van der Waals surface area (Å²) in [6, 6.07) is 4.25. The van der Waals surface area contributed by atoms with E-state index in [9.17, 15) is 0 Å². The summed E-state index contributed by atoms with van der Waals surface area (Å²) < 4.78 is 0. The van der Waals surface area contributed by atoms with Gasteiger partial charge in [0.15, 0.2) is 0 Å². The SMILES string of the molecule is CCC.Cc1cc(C)c2nc[nH]c2c1.[HH]. The number of rotatable bonds is 0. The van der Waals surface area contributed by atoms with E-state index in [2.05, 4.69) is 49.8 Å². The number of hydrogen-bond donors (Lipinski definition) is 1. The molecule has 1 aromatic heterocycles. The molecule has 1 N–H and O–H groups in total. The third-order valence-electron chi connectivity index (χ3n) is 1.86. The first-order valence-corrected chi connectivity index (χ1v) is 5.09. The molecule has 0 unspecified atom stereocenters. The Labute approximate surface area is 86.9 Å². The molecule has 0 fully saturated rings. The maximum absolute atomic E-state index is 4.20. The lowest BCUT2D eigenvalue weighted by atomic mass is 10.1. The second kappa shape index (κ2) is 4.80. The summed E-state index contributed by atoms with van der Waals surface area (Å²) in [6.07, 6.45) is 2.98. The molecule has 0 aliphatic carbocycles. The van der Waals surface area contributed by atoms with E-state index in [4.69, 9.17) is 0 Å². The molecule has 0 radical (unpaired) electrons. The zero-order valence-corrected chi connectivity index (χ0v) is 9.39. The molecular weight excluding hydrogens is 172 g/mol.